The summed E-state index contributed by atoms with van der Waals surface area (Å²) in [6.45, 7) is 1.15. The monoisotopic (exact) mass is 270 g/mol. The van der Waals surface area contributed by atoms with Gasteiger partial charge >= 0.3 is 6.09 Å². The van der Waals surface area contributed by atoms with Crippen LogP contribution in [-0.4, -0.2) is 30.1 Å². The minimum absolute atomic E-state index is 0.0973. The van der Waals surface area contributed by atoms with Gasteiger partial charge in [-0.05, 0) is 18.2 Å². The molecule has 1 aromatic rings. The van der Waals surface area contributed by atoms with Gasteiger partial charge in [-0.25, -0.2) is 4.79 Å². The van der Waals surface area contributed by atoms with E-state index in [4.69, 9.17) is 10.5 Å². The first-order valence-corrected chi connectivity index (χ1v) is 5.42. The summed E-state index contributed by atoms with van der Waals surface area (Å²) in [6.07, 6.45) is -0.338. The minimum atomic E-state index is -0.338. The summed E-state index contributed by atoms with van der Waals surface area (Å²) in [7, 11) is 0. The molecule has 15 heavy (non-hydrogen) atoms. The molecule has 0 radical (unpaired) electrons. The molecule has 2 rings (SSSR count). The summed E-state index contributed by atoms with van der Waals surface area (Å²) in [5, 5.41) is 0. The maximum atomic E-state index is 11.5. The number of carbonyl (C=O) groups is 1. The van der Waals surface area contributed by atoms with Crippen molar-refractivity contribution in [3.05, 3.63) is 28.7 Å². The molecule has 1 heterocycles. The Labute approximate surface area is 96.1 Å². The van der Waals surface area contributed by atoms with Crippen molar-refractivity contribution in [2.75, 3.05) is 13.1 Å². The van der Waals surface area contributed by atoms with Crippen LogP contribution in [0, 0.1) is 0 Å². The van der Waals surface area contributed by atoms with Gasteiger partial charge in [0.15, 0.2) is 0 Å². The average molecular weight is 271 g/mol. The number of ether oxygens (including phenoxy) is 1. The molecule has 1 saturated heterocycles. The van der Waals surface area contributed by atoms with Crippen molar-refractivity contribution in [1.29, 1.82) is 0 Å². The van der Waals surface area contributed by atoms with Gasteiger partial charge in [0.1, 0.15) is 5.75 Å². The molecule has 80 valence electrons. The van der Waals surface area contributed by atoms with Crippen LogP contribution in [0.2, 0.25) is 0 Å². The fraction of sp³-hybridized carbons (Fsp3) is 0.300. The quantitative estimate of drug-likeness (QED) is 0.843. The fourth-order valence-electron chi connectivity index (χ4n) is 1.36. The Balaban J connectivity index is 1.94. The minimum Gasteiger partial charge on any atom is -0.410 e. The second-order valence-corrected chi connectivity index (χ2v) is 4.41. The highest BCUT2D eigenvalue weighted by atomic mass is 79.9. The predicted molar refractivity (Wildman–Crippen MR) is 59.7 cm³/mol. The standard InChI is InChI=1S/C10H11BrN2O2/c11-7-2-1-3-9(4-7)15-10(14)13-5-8(12)6-13/h1-4,8H,5-6,12H2. The number of hydrogen-bond donors (Lipinski definition) is 1. The molecule has 0 bridgehead atoms. The molecule has 0 aliphatic carbocycles. The summed E-state index contributed by atoms with van der Waals surface area (Å²) in [5.41, 5.74) is 5.57. The molecule has 0 atom stereocenters. The van der Waals surface area contributed by atoms with E-state index in [0.29, 0.717) is 18.8 Å². The first-order valence-electron chi connectivity index (χ1n) is 4.63. The van der Waals surface area contributed by atoms with Crippen molar-refractivity contribution in [3.8, 4) is 5.75 Å². The van der Waals surface area contributed by atoms with Crippen LogP contribution in [0.15, 0.2) is 28.7 Å². The number of halogens is 1. The molecule has 4 nitrogen and oxygen atoms in total. The highest BCUT2D eigenvalue weighted by molar-refractivity contribution is 9.10. The van der Waals surface area contributed by atoms with Crippen LogP contribution < -0.4 is 10.5 Å². The summed E-state index contributed by atoms with van der Waals surface area (Å²) in [4.78, 5) is 13.1. The molecular weight excluding hydrogens is 260 g/mol. The topological polar surface area (TPSA) is 55.6 Å². The summed E-state index contributed by atoms with van der Waals surface area (Å²) >= 11 is 3.30. The maximum Gasteiger partial charge on any atom is 0.415 e. The zero-order chi connectivity index (χ0) is 10.8. The lowest BCUT2D eigenvalue weighted by Crippen LogP contribution is -2.58. The lowest BCUT2D eigenvalue weighted by atomic mass is 10.1. The lowest BCUT2D eigenvalue weighted by molar-refractivity contribution is 0.113. The molecule has 0 spiro atoms. The van der Waals surface area contributed by atoms with Gasteiger partial charge in [-0.1, -0.05) is 22.0 Å². The van der Waals surface area contributed by atoms with Gasteiger partial charge in [0.05, 0.1) is 0 Å². The van der Waals surface area contributed by atoms with E-state index < -0.39 is 0 Å². The fourth-order valence-corrected chi connectivity index (χ4v) is 1.74. The number of carbonyl (C=O) groups excluding carboxylic acids is 1. The third-order valence-corrected chi connectivity index (χ3v) is 2.66. The summed E-state index contributed by atoms with van der Waals surface area (Å²) in [6, 6.07) is 7.27. The van der Waals surface area contributed by atoms with Gasteiger partial charge in [0.2, 0.25) is 0 Å². The smallest absolute Gasteiger partial charge is 0.410 e. The third kappa shape index (κ3) is 2.49. The zero-order valence-corrected chi connectivity index (χ0v) is 9.61. The number of benzene rings is 1. The van der Waals surface area contributed by atoms with Crippen LogP contribution in [0.5, 0.6) is 5.75 Å². The average Bonchev–Trinajstić information content (AvgIpc) is 2.13. The Morgan fingerprint density at radius 2 is 2.27 bits per heavy atom. The maximum absolute atomic E-state index is 11.5. The van der Waals surface area contributed by atoms with Gasteiger partial charge in [-0.2, -0.15) is 0 Å². The van der Waals surface area contributed by atoms with Crippen LogP contribution >= 0.6 is 15.9 Å². The second kappa shape index (κ2) is 4.20. The van der Waals surface area contributed by atoms with E-state index in [0.717, 1.165) is 4.47 Å². The SMILES string of the molecule is NC1CN(C(=O)Oc2cccc(Br)c2)C1. The van der Waals surface area contributed by atoms with Crippen molar-refractivity contribution >= 4 is 22.0 Å². The van der Waals surface area contributed by atoms with Crippen molar-refractivity contribution in [2.45, 2.75) is 6.04 Å². The van der Waals surface area contributed by atoms with Crippen LogP contribution in [0.3, 0.4) is 0 Å². The van der Waals surface area contributed by atoms with Crippen molar-refractivity contribution in [1.82, 2.24) is 4.90 Å². The Morgan fingerprint density at radius 1 is 1.53 bits per heavy atom. The number of likely N-dealkylation sites (tertiary alicyclic amines) is 1. The van der Waals surface area contributed by atoms with E-state index in [9.17, 15) is 4.79 Å². The van der Waals surface area contributed by atoms with Gasteiger partial charge in [-0.15, -0.1) is 0 Å². The number of hydrogen-bond acceptors (Lipinski definition) is 3. The van der Waals surface area contributed by atoms with E-state index in [1.165, 1.54) is 0 Å². The second-order valence-electron chi connectivity index (χ2n) is 3.49. The zero-order valence-electron chi connectivity index (χ0n) is 8.02. The van der Waals surface area contributed by atoms with E-state index >= 15 is 0 Å². The van der Waals surface area contributed by atoms with E-state index in [1.54, 1.807) is 17.0 Å². The van der Waals surface area contributed by atoms with Crippen LogP contribution in [0.25, 0.3) is 0 Å². The molecular formula is C10H11BrN2O2. The Bertz CT molecular complexity index is 377. The molecule has 1 aliphatic rings. The first-order chi connectivity index (χ1) is 7.15. The number of nitrogens with zero attached hydrogens (tertiary/aromatic N) is 1. The Hall–Kier alpha value is -1.07. The number of amides is 1. The molecule has 5 heteroatoms. The molecule has 0 aromatic heterocycles. The van der Waals surface area contributed by atoms with Gasteiger partial charge in [0.25, 0.3) is 0 Å². The summed E-state index contributed by atoms with van der Waals surface area (Å²) < 4.78 is 6.03. The normalized spacial score (nSPS) is 16.0. The van der Waals surface area contributed by atoms with E-state index in [2.05, 4.69) is 15.9 Å². The first kappa shape index (κ1) is 10.4. The molecule has 1 amide bonds. The van der Waals surface area contributed by atoms with Crippen LogP contribution in [0.4, 0.5) is 4.79 Å². The van der Waals surface area contributed by atoms with E-state index in [1.807, 2.05) is 12.1 Å². The highest BCUT2D eigenvalue weighted by Crippen LogP contribution is 2.19. The molecule has 1 aromatic carbocycles. The van der Waals surface area contributed by atoms with E-state index in [-0.39, 0.29) is 12.1 Å². The lowest BCUT2D eigenvalue weighted by Gasteiger charge is -2.35. The molecule has 2 N–H and O–H groups in total. The van der Waals surface area contributed by atoms with Crippen molar-refractivity contribution in [2.24, 2.45) is 5.73 Å². The summed E-state index contributed by atoms with van der Waals surface area (Å²) in [5.74, 6) is 0.537. The predicted octanol–water partition coefficient (Wildman–Crippen LogP) is 1.59. The van der Waals surface area contributed by atoms with Crippen LogP contribution in [0.1, 0.15) is 0 Å². The Morgan fingerprint density at radius 3 is 2.87 bits per heavy atom. The van der Waals surface area contributed by atoms with Gasteiger partial charge in [-0.3, -0.25) is 0 Å². The molecule has 0 saturated carbocycles. The number of nitrogens with two attached hydrogens (primary N) is 1. The molecule has 1 fully saturated rings. The molecule has 0 unspecified atom stereocenters. The highest BCUT2D eigenvalue weighted by Gasteiger charge is 2.29. The van der Waals surface area contributed by atoms with Gasteiger partial charge < -0.3 is 15.4 Å². The third-order valence-electron chi connectivity index (χ3n) is 2.17. The number of rotatable bonds is 1. The largest absolute Gasteiger partial charge is 0.415 e. The van der Waals surface area contributed by atoms with Crippen LogP contribution in [-0.2, 0) is 0 Å². The Kier molecular flexibility index (Phi) is 2.93. The van der Waals surface area contributed by atoms with Crippen molar-refractivity contribution in [3.63, 3.8) is 0 Å². The van der Waals surface area contributed by atoms with Crippen molar-refractivity contribution < 1.29 is 9.53 Å². The molecule has 1 aliphatic heterocycles. The van der Waals surface area contributed by atoms with Gasteiger partial charge in [0, 0.05) is 23.6 Å².